The molecule has 1 aromatic carbocycles. The summed E-state index contributed by atoms with van der Waals surface area (Å²) in [6.07, 6.45) is 3.79. The third kappa shape index (κ3) is 3.05. The van der Waals surface area contributed by atoms with E-state index in [-0.39, 0.29) is 27.3 Å². The number of allylic oxidation sites excluding steroid dienone is 2. The largest absolute Gasteiger partial charge is 0.460 e. The zero-order valence-corrected chi connectivity index (χ0v) is 14.9. The fraction of sp³-hybridized carbons (Fsp3) is 0.471. The number of esters is 1. The minimum Gasteiger partial charge on any atom is -0.460 e. The lowest BCUT2D eigenvalue weighted by molar-refractivity contribution is -0.147. The second kappa shape index (κ2) is 6.30. The number of carbonyl (C=O) groups excluding carboxylic acids is 1. The number of ether oxygens (including phenoxy) is 1. The predicted molar refractivity (Wildman–Crippen MR) is 84.1 cm³/mol. The van der Waals surface area contributed by atoms with Crippen LogP contribution in [0.2, 0.25) is 0 Å². The summed E-state index contributed by atoms with van der Waals surface area (Å²) >= 11 is 2.89. The average molecular weight is 391 g/mol. The van der Waals surface area contributed by atoms with Crippen molar-refractivity contribution < 1.29 is 22.7 Å². The van der Waals surface area contributed by atoms with Gasteiger partial charge < -0.3 is 4.74 Å². The molecule has 0 aromatic heterocycles. The van der Waals surface area contributed by atoms with Gasteiger partial charge in [-0.05, 0) is 41.1 Å². The van der Waals surface area contributed by atoms with Crippen LogP contribution in [0.4, 0.5) is 13.2 Å². The van der Waals surface area contributed by atoms with Crippen LogP contribution in [0.15, 0.2) is 16.6 Å². The molecule has 1 saturated carbocycles. The van der Waals surface area contributed by atoms with E-state index in [0.29, 0.717) is 0 Å². The minimum atomic E-state index is -1.27. The average Bonchev–Trinajstić information content (AvgIpc) is 3.04. The van der Waals surface area contributed by atoms with Crippen molar-refractivity contribution in [1.29, 1.82) is 0 Å². The maximum Gasteiger partial charge on any atom is 0.310 e. The highest BCUT2D eigenvalue weighted by Crippen LogP contribution is 2.59. The van der Waals surface area contributed by atoms with Gasteiger partial charge in [-0.25, -0.2) is 13.2 Å². The Hall–Kier alpha value is -1.30. The van der Waals surface area contributed by atoms with Crippen molar-refractivity contribution in [1.82, 2.24) is 0 Å². The molecule has 2 nitrogen and oxygen atoms in total. The quantitative estimate of drug-likeness (QED) is 0.407. The molecule has 0 heterocycles. The Morgan fingerprint density at radius 3 is 2.43 bits per heavy atom. The van der Waals surface area contributed by atoms with Crippen LogP contribution in [0.3, 0.4) is 0 Å². The van der Waals surface area contributed by atoms with Crippen molar-refractivity contribution in [2.45, 2.75) is 34.3 Å². The Labute approximate surface area is 141 Å². The third-order valence-electron chi connectivity index (χ3n) is 4.50. The fourth-order valence-corrected chi connectivity index (χ4v) is 3.43. The van der Waals surface area contributed by atoms with E-state index < -0.39 is 35.6 Å². The smallest absolute Gasteiger partial charge is 0.310 e. The molecule has 0 N–H and O–H groups in total. The van der Waals surface area contributed by atoms with Gasteiger partial charge in [-0.2, -0.15) is 0 Å². The molecule has 2 rings (SSSR count). The standard InChI is InChI=1S/C17H18BrF3O2/c1-5-6-10-11(17(10,3)4)16(22)23-7-9-12(18)13(19)8(2)14(20)15(9)21/h5-6,10-11H,7H2,1-4H3/b6-5-/t10-,11+/m1/s1. The van der Waals surface area contributed by atoms with Crippen molar-refractivity contribution in [3.63, 3.8) is 0 Å². The van der Waals surface area contributed by atoms with Gasteiger partial charge in [0.1, 0.15) is 12.4 Å². The van der Waals surface area contributed by atoms with Crippen molar-refractivity contribution in [3.05, 3.63) is 45.2 Å². The van der Waals surface area contributed by atoms with Crippen LogP contribution in [-0.2, 0) is 16.1 Å². The van der Waals surface area contributed by atoms with E-state index in [1.165, 1.54) is 0 Å². The number of rotatable bonds is 4. The first kappa shape index (κ1) is 18.0. The topological polar surface area (TPSA) is 26.3 Å². The number of halogens is 4. The molecule has 0 aliphatic heterocycles. The second-order valence-corrected chi connectivity index (χ2v) is 7.11. The lowest BCUT2D eigenvalue weighted by atomic mass is 10.1. The van der Waals surface area contributed by atoms with E-state index in [0.717, 1.165) is 6.92 Å². The molecule has 1 aliphatic carbocycles. The first-order valence-corrected chi connectivity index (χ1v) is 8.04. The molecule has 0 spiro atoms. The molecule has 0 unspecified atom stereocenters. The SMILES string of the molecule is C/C=C\[C@@H]1[C@@H](C(=O)OCc2c(F)c(F)c(C)c(F)c2Br)C1(C)C. The molecule has 126 valence electrons. The molecule has 1 aliphatic rings. The molecule has 23 heavy (non-hydrogen) atoms. The number of hydrogen-bond donors (Lipinski definition) is 0. The van der Waals surface area contributed by atoms with Crippen molar-refractivity contribution in [2.75, 3.05) is 0 Å². The maximum atomic E-state index is 13.9. The van der Waals surface area contributed by atoms with Gasteiger partial charge in [-0.1, -0.05) is 26.0 Å². The number of hydrogen-bond acceptors (Lipinski definition) is 2. The Morgan fingerprint density at radius 1 is 1.26 bits per heavy atom. The molecule has 6 heteroatoms. The van der Waals surface area contributed by atoms with Crippen LogP contribution < -0.4 is 0 Å². The molecule has 1 fully saturated rings. The van der Waals surface area contributed by atoms with Gasteiger partial charge >= 0.3 is 5.97 Å². The van der Waals surface area contributed by atoms with E-state index in [2.05, 4.69) is 15.9 Å². The molecule has 0 amide bonds. The molecular weight excluding hydrogens is 373 g/mol. The van der Waals surface area contributed by atoms with Crippen LogP contribution in [-0.4, -0.2) is 5.97 Å². The summed E-state index contributed by atoms with van der Waals surface area (Å²) in [4.78, 5) is 12.2. The summed E-state index contributed by atoms with van der Waals surface area (Å²) in [7, 11) is 0. The van der Waals surface area contributed by atoms with Crippen molar-refractivity contribution in [3.8, 4) is 0 Å². The fourth-order valence-electron chi connectivity index (χ4n) is 2.84. The van der Waals surface area contributed by atoms with Crippen molar-refractivity contribution >= 4 is 21.9 Å². The molecule has 0 saturated heterocycles. The first-order chi connectivity index (χ1) is 10.6. The Kier molecular flexibility index (Phi) is 4.95. The molecular formula is C17H18BrF3O2. The summed E-state index contributed by atoms with van der Waals surface area (Å²) in [6.45, 7) is 6.36. The van der Waals surface area contributed by atoms with Crippen LogP contribution >= 0.6 is 15.9 Å². The predicted octanol–water partition coefficient (Wildman–Crippen LogP) is 5.07. The van der Waals surface area contributed by atoms with Gasteiger partial charge in [0, 0.05) is 11.1 Å². The van der Waals surface area contributed by atoms with Crippen LogP contribution in [0.5, 0.6) is 0 Å². The molecule has 2 atom stereocenters. The molecule has 1 aromatic rings. The molecule has 0 bridgehead atoms. The summed E-state index contributed by atoms with van der Waals surface area (Å²) in [5.74, 6) is -4.14. The van der Waals surface area contributed by atoms with E-state index in [1.807, 2.05) is 32.9 Å². The van der Waals surface area contributed by atoms with Gasteiger partial charge in [-0.15, -0.1) is 0 Å². The van der Waals surface area contributed by atoms with E-state index in [9.17, 15) is 18.0 Å². The minimum absolute atomic E-state index is 0.0553. The third-order valence-corrected chi connectivity index (χ3v) is 5.32. The zero-order valence-electron chi connectivity index (χ0n) is 13.3. The van der Waals surface area contributed by atoms with Gasteiger partial charge in [-0.3, -0.25) is 4.79 Å². The molecule has 0 radical (unpaired) electrons. The Bertz CT molecular complexity index is 654. The van der Waals surface area contributed by atoms with Crippen LogP contribution in [0.1, 0.15) is 31.9 Å². The first-order valence-electron chi connectivity index (χ1n) is 7.25. The van der Waals surface area contributed by atoms with E-state index in [4.69, 9.17) is 4.74 Å². The number of carbonyl (C=O) groups is 1. The van der Waals surface area contributed by atoms with Crippen LogP contribution in [0, 0.1) is 41.6 Å². The lowest BCUT2D eigenvalue weighted by Crippen LogP contribution is -2.13. The van der Waals surface area contributed by atoms with Crippen LogP contribution in [0.25, 0.3) is 0 Å². The lowest BCUT2D eigenvalue weighted by Gasteiger charge is -2.12. The van der Waals surface area contributed by atoms with E-state index in [1.54, 1.807) is 0 Å². The monoisotopic (exact) mass is 390 g/mol. The second-order valence-electron chi connectivity index (χ2n) is 6.32. The highest BCUT2D eigenvalue weighted by Gasteiger charge is 2.61. The van der Waals surface area contributed by atoms with Gasteiger partial charge in [0.05, 0.1) is 10.4 Å². The zero-order chi connectivity index (χ0) is 17.5. The highest BCUT2D eigenvalue weighted by atomic mass is 79.9. The maximum absolute atomic E-state index is 13.9. The van der Waals surface area contributed by atoms with E-state index >= 15 is 0 Å². The Morgan fingerprint density at radius 2 is 1.87 bits per heavy atom. The highest BCUT2D eigenvalue weighted by molar-refractivity contribution is 9.10. The summed E-state index contributed by atoms with van der Waals surface area (Å²) in [5.41, 5.74) is -0.982. The van der Waals surface area contributed by atoms with Gasteiger partial charge in [0.2, 0.25) is 0 Å². The van der Waals surface area contributed by atoms with Crippen molar-refractivity contribution in [2.24, 2.45) is 17.3 Å². The van der Waals surface area contributed by atoms with Gasteiger partial charge in [0.15, 0.2) is 11.6 Å². The number of benzene rings is 1. The summed E-state index contributed by atoms with van der Waals surface area (Å²) < 4.78 is 46.3. The normalized spacial score (nSPS) is 22.4. The summed E-state index contributed by atoms with van der Waals surface area (Å²) in [6, 6.07) is 0. The Balaban J connectivity index is 2.15. The summed E-state index contributed by atoms with van der Waals surface area (Å²) in [5, 5.41) is 0. The van der Waals surface area contributed by atoms with Gasteiger partial charge in [0.25, 0.3) is 0 Å².